The summed E-state index contributed by atoms with van der Waals surface area (Å²) in [6.45, 7) is 23.7. The number of piperidine rings is 1. The van der Waals surface area contributed by atoms with Crippen LogP contribution in [0.2, 0.25) is 0 Å². The van der Waals surface area contributed by atoms with Gasteiger partial charge in [0.2, 0.25) is 5.95 Å². The summed E-state index contributed by atoms with van der Waals surface area (Å²) in [4.78, 5) is 10.9. The summed E-state index contributed by atoms with van der Waals surface area (Å²) in [6, 6.07) is 11.1. The maximum Gasteiger partial charge on any atom is 0.223 e. The number of hydrogen-bond acceptors (Lipinski definition) is 5. The molecule has 1 aromatic heterocycles. The number of β-amino-alcohol motifs (C(OH)–C–C–N with tert-alkyl or cyclic N) is 1. The number of aromatic nitrogens is 2. The summed E-state index contributed by atoms with van der Waals surface area (Å²) in [6.07, 6.45) is 14.5. The molecule has 0 amide bonds. The van der Waals surface area contributed by atoms with Gasteiger partial charge in [-0.2, -0.15) is 0 Å². The van der Waals surface area contributed by atoms with Crippen LogP contribution in [-0.4, -0.2) is 51.3 Å². The van der Waals surface area contributed by atoms with Crippen LogP contribution in [0.4, 0.5) is 5.95 Å². The van der Waals surface area contributed by atoms with E-state index in [2.05, 4.69) is 90.5 Å². The smallest absolute Gasteiger partial charge is 0.223 e. The molecule has 1 aliphatic carbocycles. The number of rotatable bonds is 10. The molecule has 2 aliphatic rings. The number of nitrogens with one attached hydrogen (secondary N) is 1. The Labute approximate surface area is 255 Å². The van der Waals surface area contributed by atoms with E-state index in [1.807, 2.05) is 26.8 Å². The molecule has 1 aromatic carbocycles. The van der Waals surface area contributed by atoms with Gasteiger partial charge < -0.3 is 15.3 Å². The Morgan fingerprint density at radius 3 is 2.21 bits per heavy atom. The fraction of sp³-hybridized carbons (Fsp3) is 0.514. The molecule has 0 radical (unpaired) electrons. The Kier molecular flexibility index (Phi) is 12.8. The highest BCUT2D eigenvalue weighted by atomic mass is 16.3. The monoisotopic (exact) mass is 570 g/mol. The van der Waals surface area contributed by atoms with Crippen molar-refractivity contribution in [3.8, 4) is 0 Å². The Hall–Kier alpha value is -3.02. The van der Waals surface area contributed by atoms with Crippen LogP contribution in [0.25, 0.3) is 5.57 Å². The summed E-state index contributed by atoms with van der Waals surface area (Å²) in [7, 11) is 0. The average molecular weight is 571 g/mol. The molecular formula is C37H54N4O. The van der Waals surface area contributed by atoms with Crippen LogP contribution in [0.1, 0.15) is 89.5 Å². The van der Waals surface area contributed by atoms with Crippen molar-refractivity contribution in [3.05, 3.63) is 95.4 Å². The number of anilines is 1. The van der Waals surface area contributed by atoms with Crippen molar-refractivity contribution in [3.63, 3.8) is 0 Å². The highest BCUT2D eigenvalue weighted by molar-refractivity contribution is 5.66. The molecule has 0 bridgehead atoms. The first-order valence-corrected chi connectivity index (χ1v) is 15.7. The molecule has 2 heterocycles. The second-order valence-corrected chi connectivity index (χ2v) is 13.1. The second-order valence-electron chi connectivity index (χ2n) is 13.1. The fourth-order valence-corrected chi connectivity index (χ4v) is 5.65. The van der Waals surface area contributed by atoms with Crippen molar-refractivity contribution >= 4 is 11.5 Å². The normalized spacial score (nSPS) is 16.6. The molecule has 0 unspecified atom stereocenters. The maximum absolute atomic E-state index is 10.0. The first kappa shape index (κ1) is 33.5. The molecule has 0 spiro atoms. The average Bonchev–Trinajstić information content (AvgIpc) is 3.44. The minimum Gasteiger partial charge on any atom is -0.389 e. The number of likely N-dealkylation sites (tertiary alicyclic amines) is 1. The van der Waals surface area contributed by atoms with Gasteiger partial charge in [0.1, 0.15) is 0 Å². The van der Waals surface area contributed by atoms with E-state index in [1.165, 1.54) is 53.5 Å². The zero-order valence-corrected chi connectivity index (χ0v) is 27.0. The lowest BCUT2D eigenvalue weighted by molar-refractivity contribution is 0.0265. The molecule has 1 aliphatic heterocycles. The number of nitrogens with zero attached hydrogens (tertiary/aromatic N) is 3. The predicted molar refractivity (Wildman–Crippen MR) is 180 cm³/mol. The first-order chi connectivity index (χ1) is 19.9. The van der Waals surface area contributed by atoms with E-state index >= 15 is 0 Å². The number of benzene rings is 1. The third-order valence-electron chi connectivity index (χ3n) is 8.21. The van der Waals surface area contributed by atoms with E-state index in [9.17, 15) is 5.11 Å². The summed E-state index contributed by atoms with van der Waals surface area (Å²) in [5.41, 5.74) is 7.88. The van der Waals surface area contributed by atoms with E-state index in [4.69, 9.17) is 0 Å². The van der Waals surface area contributed by atoms with Crippen LogP contribution in [-0.2, 0) is 0 Å². The van der Waals surface area contributed by atoms with Gasteiger partial charge in [-0.05, 0) is 115 Å². The van der Waals surface area contributed by atoms with Gasteiger partial charge in [0.05, 0.1) is 5.60 Å². The minimum atomic E-state index is -0.623. The lowest BCUT2D eigenvalue weighted by Gasteiger charge is -2.35. The fourth-order valence-electron chi connectivity index (χ4n) is 5.65. The minimum absolute atomic E-state index is 0.531. The third kappa shape index (κ3) is 11.7. The van der Waals surface area contributed by atoms with Crippen LogP contribution < -0.4 is 5.32 Å². The molecule has 5 heteroatoms. The molecule has 1 saturated carbocycles. The second kappa shape index (κ2) is 16.0. The van der Waals surface area contributed by atoms with Crippen molar-refractivity contribution in [2.45, 2.75) is 98.1 Å². The molecule has 5 nitrogen and oxygen atoms in total. The summed E-state index contributed by atoms with van der Waals surface area (Å²) >= 11 is 0. The molecule has 228 valence electrons. The van der Waals surface area contributed by atoms with Gasteiger partial charge in [-0.15, -0.1) is 0 Å². The first-order valence-electron chi connectivity index (χ1n) is 15.7. The number of hydrogen-bond donors (Lipinski definition) is 2. The summed E-state index contributed by atoms with van der Waals surface area (Å²) in [5, 5.41) is 13.4. The van der Waals surface area contributed by atoms with Gasteiger partial charge in [0, 0.05) is 24.5 Å². The highest BCUT2D eigenvalue weighted by Gasteiger charge is 2.24. The van der Waals surface area contributed by atoms with Crippen LogP contribution >= 0.6 is 0 Å². The molecule has 42 heavy (non-hydrogen) atoms. The van der Waals surface area contributed by atoms with E-state index in [-0.39, 0.29) is 0 Å². The van der Waals surface area contributed by atoms with E-state index in [0.717, 1.165) is 56.1 Å². The Balaban J connectivity index is 0.000000307. The molecule has 0 atom stereocenters. The topological polar surface area (TPSA) is 61.3 Å². The Morgan fingerprint density at radius 2 is 1.64 bits per heavy atom. The van der Waals surface area contributed by atoms with Gasteiger partial charge >= 0.3 is 0 Å². The number of allylic oxidation sites excluding steroid dienone is 6. The zero-order valence-electron chi connectivity index (χ0n) is 27.0. The molecule has 1 saturated heterocycles. The molecule has 2 N–H and O–H groups in total. The lowest BCUT2D eigenvalue weighted by Crippen LogP contribution is -2.43. The Morgan fingerprint density at radius 1 is 1.00 bits per heavy atom. The SMILES string of the molecule is C=C(CC(/C=C\C(=C)C1CCN(CC(C)(C)O)CC1)=C(C)C)c1ccc(C)cc1.Cc1ccnc(NC2CCCC2)n1. The van der Waals surface area contributed by atoms with Crippen molar-refractivity contribution in [2.24, 2.45) is 5.92 Å². The quantitative estimate of drug-likeness (QED) is 0.281. The lowest BCUT2D eigenvalue weighted by atomic mass is 9.88. The molecule has 4 rings (SSSR count). The Bertz CT molecular complexity index is 1220. The number of aryl methyl sites for hydroxylation is 2. The molecule has 2 aromatic rings. The van der Waals surface area contributed by atoms with Crippen molar-refractivity contribution in [1.82, 2.24) is 14.9 Å². The summed E-state index contributed by atoms with van der Waals surface area (Å²) in [5.74, 6) is 1.31. The summed E-state index contributed by atoms with van der Waals surface area (Å²) < 4.78 is 0. The highest BCUT2D eigenvalue weighted by Crippen LogP contribution is 2.28. The molecular weight excluding hydrogens is 516 g/mol. The third-order valence-corrected chi connectivity index (χ3v) is 8.21. The van der Waals surface area contributed by atoms with E-state index < -0.39 is 5.60 Å². The van der Waals surface area contributed by atoms with Gasteiger partial charge in [0.15, 0.2) is 0 Å². The van der Waals surface area contributed by atoms with Crippen LogP contribution in [0, 0.1) is 19.8 Å². The standard InChI is InChI=1S/C27H39NO.C10H15N3/c1-20(2)26(18-23(5)24-11-8-21(3)9-12-24)13-10-22(4)25-14-16-28(17-15-25)19-27(6,7)29;1-8-6-7-11-10(12-8)13-9-4-2-3-5-9/h8-13,25,29H,4-5,14-19H2,1-3,6-7H3;6-7,9H,2-5H2,1H3,(H,11,12,13)/b13-10-;. The maximum atomic E-state index is 10.0. The van der Waals surface area contributed by atoms with Gasteiger partial charge in [0.25, 0.3) is 0 Å². The molecule has 2 fully saturated rings. The van der Waals surface area contributed by atoms with Gasteiger partial charge in [-0.25, -0.2) is 9.97 Å². The van der Waals surface area contributed by atoms with Gasteiger partial charge in [-0.3, -0.25) is 0 Å². The van der Waals surface area contributed by atoms with Crippen molar-refractivity contribution < 1.29 is 5.11 Å². The van der Waals surface area contributed by atoms with Crippen molar-refractivity contribution in [2.75, 3.05) is 25.0 Å². The van der Waals surface area contributed by atoms with Crippen LogP contribution in [0.15, 0.2) is 78.6 Å². The predicted octanol–water partition coefficient (Wildman–Crippen LogP) is 8.47. The van der Waals surface area contributed by atoms with Crippen molar-refractivity contribution in [1.29, 1.82) is 0 Å². The van der Waals surface area contributed by atoms with E-state index in [0.29, 0.717) is 12.0 Å². The van der Waals surface area contributed by atoms with Gasteiger partial charge in [-0.1, -0.05) is 79.1 Å². The number of aliphatic hydroxyl groups is 1. The zero-order chi connectivity index (χ0) is 30.7. The largest absolute Gasteiger partial charge is 0.389 e. The van der Waals surface area contributed by atoms with Crippen LogP contribution in [0.5, 0.6) is 0 Å². The van der Waals surface area contributed by atoms with Crippen LogP contribution in [0.3, 0.4) is 0 Å². The van der Waals surface area contributed by atoms with E-state index in [1.54, 1.807) is 6.20 Å².